The second kappa shape index (κ2) is 8.47. The maximum Gasteiger partial charge on any atom is 0.351 e. The van der Waals surface area contributed by atoms with Gasteiger partial charge in [-0.05, 0) is 106 Å². The lowest BCUT2D eigenvalue weighted by atomic mass is 9.44. The van der Waals surface area contributed by atoms with Crippen molar-refractivity contribution in [2.75, 3.05) is 6.54 Å². The molecule has 184 valence electrons. The summed E-state index contributed by atoms with van der Waals surface area (Å²) >= 11 is 0. The number of Topliss-reactive ketones (excluding diaryl/α,β-unsaturated/α-hetero) is 1. The number of nitrogens with zero attached hydrogens (tertiary/aromatic N) is 3. The SMILES string of the molecule is C=NN(CC(=O)[C@H]1CC[C@H]2[C@@H]3CC[C@@H]4C[C@](C)(O)CC[C@]4(C)[C@H]3CC[C@]12C)/N=C(\C)C(=O)O. The zero-order chi connectivity index (χ0) is 24.2. The van der Waals surface area contributed by atoms with Crippen molar-refractivity contribution in [3.63, 3.8) is 0 Å². The normalized spacial score (nSPS) is 44.9. The first kappa shape index (κ1) is 24.4. The van der Waals surface area contributed by atoms with Crippen molar-refractivity contribution in [2.45, 2.75) is 91.1 Å². The fourth-order valence-corrected chi connectivity index (χ4v) is 8.54. The number of carbonyl (C=O) groups is 2. The summed E-state index contributed by atoms with van der Waals surface area (Å²) in [5.74, 6) is 1.44. The molecular weight excluding hydrogens is 418 g/mol. The molecule has 0 spiro atoms. The summed E-state index contributed by atoms with van der Waals surface area (Å²) in [5, 5.41) is 28.6. The van der Waals surface area contributed by atoms with E-state index >= 15 is 0 Å². The average Bonchev–Trinajstić information content (AvgIpc) is 3.10. The standard InChI is InChI=1S/C26H41N3O4/c1-16(23(31)32)28-29(27-5)15-22(30)21-9-8-19-18-7-6-17-14-24(2,33)12-13-25(17,3)20(18)10-11-26(19,21)4/h17-21,33H,5-15H2,1-4H3,(H,31,32)/b28-16+/t17-,18+,19+,20+,21-,24-,25+,26+/m1/s1. The Morgan fingerprint density at radius 1 is 1.00 bits per heavy atom. The third kappa shape index (κ3) is 4.15. The Bertz CT molecular complexity index is 854. The Morgan fingerprint density at radius 2 is 1.70 bits per heavy atom. The van der Waals surface area contributed by atoms with Crippen molar-refractivity contribution in [2.24, 2.45) is 50.6 Å². The van der Waals surface area contributed by atoms with Crippen molar-refractivity contribution < 1.29 is 19.8 Å². The van der Waals surface area contributed by atoms with Crippen LogP contribution in [-0.2, 0) is 9.59 Å². The van der Waals surface area contributed by atoms with E-state index in [-0.39, 0.29) is 29.4 Å². The van der Waals surface area contributed by atoms with Crippen LogP contribution >= 0.6 is 0 Å². The zero-order valence-electron chi connectivity index (χ0n) is 20.7. The topological polar surface area (TPSA) is 103 Å². The van der Waals surface area contributed by atoms with E-state index in [1.807, 2.05) is 6.92 Å². The first-order valence-corrected chi connectivity index (χ1v) is 12.7. The van der Waals surface area contributed by atoms with Crippen LogP contribution in [0.4, 0.5) is 0 Å². The monoisotopic (exact) mass is 459 g/mol. The van der Waals surface area contributed by atoms with E-state index in [1.165, 1.54) is 19.8 Å². The number of carboxylic acid groups (broad SMARTS) is 1. The molecular formula is C26H41N3O4. The van der Waals surface area contributed by atoms with Crippen LogP contribution in [0, 0.1) is 40.4 Å². The highest BCUT2D eigenvalue weighted by Crippen LogP contribution is 2.68. The number of ketones is 1. The maximum atomic E-state index is 13.4. The molecule has 0 saturated heterocycles. The van der Waals surface area contributed by atoms with Crippen LogP contribution in [0.5, 0.6) is 0 Å². The summed E-state index contributed by atoms with van der Waals surface area (Å²) in [6.45, 7) is 11.6. The van der Waals surface area contributed by atoms with Gasteiger partial charge in [-0.15, -0.1) is 0 Å². The molecule has 4 fully saturated rings. The van der Waals surface area contributed by atoms with Crippen molar-refractivity contribution in [3.8, 4) is 0 Å². The molecule has 0 aliphatic heterocycles. The first-order chi connectivity index (χ1) is 15.4. The molecule has 0 amide bonds. The summed E-state index contributed by atoms with van der Waals surface area (Å²) in [6, 6.07) is 0. The molecule has 0 aromatic rings. The van der Waals surface area contributed by atoms with Gasteiger partial charge in [0.1, 0.15) is 12.3 Å². The fraction of sp³-hybridized carbons (Fsp3) is 0.846. The van der Waals surface area contributed by atoms with Crippen LogP contribution < -0.4 is 0 Å². The van der Waals surface area contributed by atoms with Crippen LogP contribution in [0.15, 0.2) is 10.2 Å². The molecule has 0 heterocycles. The van der Waals surface area contributed by atoms with Gasteiger partial charge in [-0.2, -0.15) is 15.3 Å². The lowest BCUT2D eigenvalue weighted by Gasteiger charge is -2.61. The molecule has 8 atom stereocenters. The number of aliphatic carboxylic acids is 1. The minimum Gasteiger partial charge on any atom is -0.477 e. The molecule has 0 bridgehead atoms. The lowest BCUT2D eigenvalue weighted by Crippen LogP contribution is -2.55. The number of fused-ring (bicyclic) bond motifs is 5. The van der Waals surface area contributed by atoms with E-state index in [0.29, 0.717) is 29.1 Å². The molecule has 4 rings (SSSR count). The van der Waals surface area contributed by atoms with E-state index < -0.39 is 11.6 Å². The average molecular weight is 460 g/mol. The van der Waals surface area contributed by atoms with Gasteiger partial charge in [-0.1, -0.05) is 13.8 Å². The van der Waals surface area contributed by atoms with Gasteiger partial charge < -0.3 is 10.2 Å². The van der Waals surface area contributed by atoms with E-state index in [2.05, 4.69) is 30.8 Å². The Hall–Kier alpha value is -1.76. The number of carboxylic acids is 1. The van der Waals surface area contributed by atoms with E-state index in [1.54, 1.807) is 0 Å². The van der Waals surface area contributed by atoms with Gasteiger partial charge >= 0.3 is 5.97 Å². The predicted octanol–water partition coefficient (Wildman–Crippen LogP) is 4.34. The molecule has 0 aromatic heterocycles. The molecule has 4 aliphatic carbocycles. The lowest BCUT2D eigenvalue weighted by molar-refractivity contribution is -0.151. The van der Waals surface area contributed by atoms with E-state index in [4.69, 9.17) is 5.11 Å². The summed E-state index contributed by atoms with van der Waals surface area (Å²) in [7, 11) is 0. The Balaban J connectivity index is 1.49. The van der Waals surface area contributed by atoms with E-state index in [9.17, 15) is 14.7 Å². The summed E-state index contributed by atoms with van der Waals surface area (Å²) < 4.78 is 0. The van der Waals surface area contributed by atoms with Crippen LogP contribution in [0.2, 0.25) is 0 Å². The predicted molar refractivity (Wildman–Crippen MR) is 128 cm³/mol. The summed E-state index contributed by atoms with van der Waals surface area (Å²) in [4.78, 5) is 24.5. The van der Waals surface area contributed by atoms with Crippen LogP contribution in [0.25, 0.3) is 0 Å². The van der Waals surface area contributed by atoms with Crippen molar-refractivity contribution in [1.82, 2.24) is 5.12 Å². The third-order valence-corrected chi connectivity index (χ3v) is 10.4. The Morgan fingerprint density at radius 3 is 2.36 bits per heavy atom. The van der Waals surface area contributed by atoms with E-state index in [0.717, 1.165) is 50.1 Å². The first-order valence-electron chi connectivity index (χ1n) is 12.7. The molecule has 0 radical (unpaired) electrons. The number of carbonyl (C=O) groups excluding carboxylic acids is 1. The van der Waals surface area contributed by atoms with Crippen LogP contribution in [-0.4, -0.2) is 51.7 Å². The van der Waals surface area contributed by atoms with Crippen molar-refractivity contribution in [1.29, 1.82) is 0 Å². The molecule has 7 nitrogen and oxygen atoms in total. The number of aliphatic hydroxyl groups is 1. The molecule has 7 heteroatoms. The molecule has 4 saturated carbocycles. The molecule has 4 aliphatic rings. The Kier molecular flexibility index (Phi) is 6.26. The second-order valence-corrected chi connectivity index (χ2v) is 12.2. The highest BCUT2D eigenvalue weighted by molar-refractivity contribution is 6.34. The minimum atomic E-state index is -1.13. The highest BCUT2D eigenvalue weighted by atomic mass is 16.4. The van der Waals surface area contributed by atoms with Crippen LogP contribution in [0.1, 0.15) is 85.5 Å². The number of hydrogen-bond donors (Lipinski definition) is 2. The minimum absolute atomic E-state index is 0.0139. The van der Waals surface area contributed by atoms with Gasteiger partial charge in [-0.25, -0.2) is 4.79 Å². The third-order valence-electron chi connectivity index (χ3n) is 10.4. The molecule has 0 unspecified atom stereocenters. The van der Waals surface area contributed by atoms with Crippen molar-refractivity contribution >= 4 is 24.2 Å². The van der Waals surface area contributed by atoms with Gasteiger partial charge in [-0.3, -0.25) is 4.79 Å². The Labute approximate surface area is 197 Å². The maximum absolute atomic E-state index is 13.4. The second-order valence-electron chi connectivity index (χ2n) is 12.2. The zero-order valence-corrected chi connectivity index (χ0v) is 20.7. The number of hydrogen-bond acceptors (Lipinski definition) is 6. The smallest absolute Gasteiger partial charge is 0.351 e. The van der Waals surface area contributed by atoms with Gasteiger partial charge in [0, 0.05) is 12.6 Å². The summed E-state index contributed by atoms with van der Waals surface area (Å²) in [6.07, 6.45) is 9.54. The fourth-order valence-electron chi connectivity index (χ4n) is 8.54. The number of hydrazone groups is 2. The van der Waals surface area contributed by atoms with Crippen molar-refractivity contribution in [3.05, 3.63) is 0 Å². The summed E-state index contributed by atoms with van der Waals surface area (Å²) in [5.41, 5.74) is -0.332. The molecule has 2 N–H and O–H groups in total. The van der Waals surface area contributed by atoms with Gasteiger partial charge in [0.2, 0.25) is 0 Å². The van der Waals surface area contributed by atoms with Gasteiger partial charge in [0.05, 0.1) is 5.60 Å². The number of rotatable bonds is 6. The van der Waals surface area contributed by atoms with Crippen LogP contribution in [0.3, 0.4) is 0 Å². The van der Waals surface area contributed by atoms with Gasteiger partial charge in [0.15, 0.2) is 5.78 Å². The van der Waals surface area contributed by atoms with Gasteiger partial charge in [0.25, 0.3) is 0 Å². The molecule has 0 aromatic carbocycles. The largest absolute Gasteiger partial charge is 0.477 e. The highest BCUT2D eigenvalue weighted by Gasteiger charge is 2.61. The molecule has 33 heavy (non-hydrogen) atoms. The quantitative estimate of drug-likeness (QED) is 0.454.